The van der Waals surface area contributed by atoms with Gasteiger partial charge in [0.2, 0.25) is 5.91 Å². The van der Waals surface area contributed by atoms with Crippen LogP contribution < -0.4 is 10.1 Å². The Kier molecular flexibility index (Phi) is 5.65. The fourth-order valence-electron chi connectivity index (χ4n) is 2.65. The van der Waals surface area contributed by atoms with Crippen LogP contribution in [0.25, 0.3) is 0 Å². The summed E-state index contributed by atoms with van der Waals surface area (Å²) in [7, 11) is -3.23. The molecular weight excluding hydrogens is 359 g/mol. The molecule has 0 spiro atoms. The minimum atomic E-state index is -4.59. The maximum absolute atomic E-state index is 13.2. The van der Waals surface area contributed by atoms with Crippen LogP contribution in [-0.4, -0.2) is 31.9 Å². The number of hydrogen-bond acceptors (Lipinski definition) is 4. The van der Waals surface area contributed by atoms with E-state index in [2.05, 4.69) is 5.32 Å². The molecule has 1 aromatic carbocycles. The summed E-state index contributed by atoms with van der Waals surface area (Å²) in [5.41, 5.74) is -0.984. The van der Waals surface area contributed by atoms with E-state index < -0.39 is 33.4 Å². The highest BCUT2D eigenvalue weighted by Gasteiger charge is 2.35. The van der Waals surface area contributed by atoms with Gasteiger partial charge in [0, 0.05) is 6.54 Å². The van der Waals surface area contributed by atoms with Gasteiger partial charge in [-0.1, -0.05) is 6.07 Å². The molecule has 0 bridgehead atoms. The zero-order valence-corrected chi connectivity index (χ0v) is 14.7. The highest BCUT2D eigenvalue weighted by molar-refractivity contribution is 7.91. The lowest BCUT2D eigenvalue weighted by molar-refractivity contribution is -0.138. The molecule has 0 aliphatic carbocycles. The van der Waals surface area contributed by atoms with Crippen LogP contribution in [0, 0.1) is 5.92 Å². The normalized spacial score (nSPS) is 19.8. The van der Waals surface area contributed by atoms with Crippen molar-refractivity contribution in [1.29, 1.82) is 0 Å². The average Bonchev–Trinajstić information content (AvgIpc) is 2.84. The van der Waals surface area contributed by atoms with E-state index in [9.17, 15) is 26.4 Å². The lowest BCUT2D eigenvalue weighted by Crippen LogP contribution is -2.31. The van der Waals surface area contributed by atoms with Gasteiger partial charge in [-0.15, -0.1) is 0 Å². The Morgan fingerprint density at radius 2 is 2.04 bits per heavy atom. The van der Waals surface area contributed by atoms with Crippen LogP contribution in [0.4, 0.5) is 13.2 Å². The first-order valence-corrected chi connectivity index (χ1v) is 9.65. The van der Waals surface area contributed by atoms with Gasteiger partial charge in [0.1, 0.15) is 5.75 Å². The van der Waals surface area contributed by atoms with Crippen molar-refractivity contribution < 1.29 is 31.1 Å². The van der Waals surface area contributed by atoms with Crippen LogP contribution in [0.1, 0.15) is 31.4 Å². The molecule has 1 saturated heterocycles. The molecule has 0 unspecified atom stereocenters. The smallest absolute Gasteiger partial charge is 0.416 e. The van der Waals surface area contributed by atoms with E-state index >= 15 is 0 Å². The lowest BCUT2D eigenvalue weighted by Gasteiger charge is -2.17. The molecule has 9 heteroatoms. The van der Waals surface area contributed by atoms with Crippen molar-refractivity contribution >= 4 is 15.7 Å². The molecule has 1 atom stereocenters. The van der Waals surface area contributed by atoms with Crippen molar-refractivity contribution in [1.82, 2.24) is 5.32 Å². The second-order valence-corrected chi connectivity index (χ2v) is 8.53. The van der Waals surface area contributed by atoms with Gasteiger partial charge in [-0.25, -0.2) is 8.42 Å². The van der Waals surface area contributed by atoms with Gasteiger partial charge in [-0.05, 0) is 38.0 Å². The van der Waals surface area contributed by atoms with Crippen molar-refractivity contribution in [2.75, 3.05) is 11.5 Å². The Labute approximate surface area is 144 Å². The van der Waals surface area contributed by atoms with Gasteiger partial charge >= 0.3 is 6.18 Å². The first-order valence-electron chi connectivity index (χ1n) is 7.83. The molecule has 1 aliphatic heterocycles. The molecule has 1 fully saturated rings. The SMILES string of the molecule is CC(C)Oc1ccc(CNC(=O)[C@@H]2CCS(=O)(=O)C2)c(C(F)(F)F)c1. The molecule has 1 amide bonds. The average molecular weight is 379 g/mol. The molecule has 0 saturated carbocycles. The van der Waals surface area contributed by atoms with Crippen LogP contribution in [-0.2, 0) is 27.4 Å². The van der Waals surface area contributed by atoms with Crippen molar-refractivity contribution in [2.45, 2.75) is 39.1 Å². The van der Waals surface area contributed by atoms with Gasteiger partial charge in [-0.3, -0.25) is 4.79 Å². The number of rotatable bonds is 5. The third-order valence-corrected chi connectivity index (χ3v) is 5.58. The molecule has 1 aliphatic rings. The third-order valence-electron chi connectivity index (χ3n) is 3.81. The Bertz CT molecular complexity index is 744. The first kappa shape index (κ1) is 19.6. The standard InChI is InChI=1S/C16H20F3NO4S/c1-10(2)24-13-4-3-11(14(7-13)16(17,18)19)8-20-15(21)12-5-6-25(22,23)9-12/h3-4,7,10,12H,5-6,8-9H2,1-2H3,(H,20,21)/t12-/m1/s1. The molecule has 140 valence electrons. The Morgan fingerprint density at radius 1 is 1.36 bits per heavy atom. The highest BCUT2D eigenvalue weighted by Crippen LogP contribution is 2.34. The lowest BCUT2D eigenvalue weighted by atomic mass is 10.1. The maximum Gasteiger partial charge on any atom is 0.416 e. The number of ether oxygens (including phenoxy) is 1. The number of sulfone groups is 1. The van der Waals surface area contributed by atoms with Gasteiger partial charge in [0.15, 0.2) is 9.84 Å². The maximum atomic E-state index is 13.2. The fraction of sp³-hybridized carbons (Fsp3) is 0.562. The van der Waals surface area contributed by atoms with E-state index in [-0.39, 0.29) is 41.9 Å². The number of hydrogen-bond donors (Lipinski definition) is 1. The molecule has 2 rings (SSSR count). The van der Waals surface area contributed by atoms with Crippen LogP contribution in [0.5, 0.6) is 5.75 Å². The summed E-state index contributed by atoms with van der Waals surface area (Å²) in [6, 6.07) is 3.57. The second-order valence-electron chi connectivity index (χ2n) is 6.30. The molecule has 25 heavy (non-hydrogen) atoms. The number of benzene rings is 1. The third kappa shape index (κ3) is 5.35. The quantitative estimate of drug-likeness (QED) is 0.853. The topological polar surface area (TPSA) is 72.5 Å². The van der Waals surface area contributed by atoms with E-state index in [4.69, 9.17) is 4.74 Å². The van der Waals surface area contributed by atoms with Gasteiger partial charge in [0.25, 0.3) is 0 Å². The number of carbonyl (C=O) groups excluding carboxylic acids is 1. The Balaban J connectivity index is 2.12. The molecule has 1 aromatic rings. The van der Waals surface area contributed by atoms with E-state index in [0.29, 0.717) is 0 Å². The summed E-state index contributed by atoms with van der Waals surface area (Å²) >= 11 is 0. The molecule has 5 nitrogen and oxygen atoms in total. The number of alkyl halides is 3. The van der Waals surface area contributed by atoms with E-state index in [1.165, 1.54) is 12.1 Å². The van der Waals surface area contributed by atoms with Crippen LogP contribution >= 0.6 is 0 Å². The summed E-state index contributed by atoms with van der Waals surface area (Å²) in [6.45, 7) is 3.08. The van der Waals surface area contributed by atoms with Crippen LogP contribution in [0.2, 0.25) is 0 Å². The fourth-order valence-corrected chi connectivity index (χ4v) is 4.39. The molecular formula is C16H20F3NO4S. The Morgan fingerprint density at radius 3 is 2.56 bits per heavy atom. The summed E-state index contributed by atoms with van der Waals surface area (Å²) in [5, 5.41) is 2.41. The number of halogens is 3. The van der Waals surface area contributed by atoms with Gasteiger partial charge in [-0.2, -0.15) is 13.2 Å². The number of amides is 1. The van der Waals surface area contributed by atoms with Crippen molar-refractivity contribution in [2.24, 2.45) is 5.92 Å². The van der Waals surface area contributed by atoms with Gasteiger partial charge < -0.3 is 10.1 Å². The summed E-state index contributed by atoms with van der Waals surface area (Å²) in [6.07, 6.45) is -4.66. The van der Waals surface area contributed by atoms with Crippen LogP contribution in [0.15, 0.2) is 18.2 Å². The summed E-state index contributed by atoms with van der Waals surface area (Å²) in [4.78, 5) is 12.0. The number of nitrogens with one attached hydrogen (secondary N) is 1. The highest BCUT2D eigenvalue weighted by atomic mass is 32.2. The minimum Gasteiger partial charge on any atom is -0.491 e. The molecule has 0 aromatic heterocycles. The molecule has 0 radical (unpaired) electrons. The first-order chi connectivity index (χ1) is 11.5. The van der Waals surface area contributed by atoms with Crippen LogP contribution in [0.3, 0.4) is 0 Å². The largest absolute Gasteiger partial charge is 0.491 e. The predicted octanol–water partition coefficient (Wildman–Crippen LogP) is 2.54. The predicted molar refractivity (Wildman–Crippen MR) is 85.8 cm³/mol. The van der Waals surface area contributed by atoms with E-state index in [1.54, 1.807) is 13.8 Å². The summed E-state index contributed by atoms with van der Waals surface area (Å²) in [5.74, 6) is -1.48. The zero-order valence-electron chi connectivity index (χ0n) is 13.9. The minimum absolute atomic E-state index is 0.0693. The van der Waals surface area contributed by atoms with Crippen molar-refractivity contribution in [3.05, 3.63) is 29.3 Å². The van der Waals surface area contributed by atoms with E-state index in [1.807, 2.05) is 0 Å². The monoisotopic (exact) mass is 379 g/mol. The number of carbonyl (C=O) groups is 1. The van der Waals surface area contributed by atoms with Gasteiger partial charge in [0.05, 0.1) is 29.1 Å². The zero-order chi connectivity index (χ0) is 18.8. The van der Waals surface area contributed by atoms with E-state index in [0.717, 1.165) is 6.07 Å². The Hall–Kier alpha value is -1.77. The van der Waals surface area contributed by atoms with Crippen molar-refractivity contribution in [3.8, 4) is 5.75 Å². The molecule has 1 N–H and O–H groups in total. The second kappa shape index (κ2) is 7.23. The van der Waals surface area contributed by atoms with Crippen molar-refractivity contribution in [3.63, 3.8) is 0 Å². The molecule has 1 heterocycles. The summed E-state index contributed by atoms with van der Waals surface area (Å²) < 4.78 is 67.8.